The van der Waals surface area contributed by atoms with E-state index in [1.807, 2.05) is 37.3 Å². The van der Waals surface area contributed by atoms with Crippen LogP contribution in [0.5, 0.6) is 12.0 Å². The molecule has 0 saturated carbocycles. The van der Waals surface area contributed by atoms with Crippen LogP contribution in [0.15, 0.2) is 30.3 Å². The van der Waals surface area contributed by atoms with Gasteiger partial charge in [-0.2, -0.15) is 15.0 Å². The minimum Gasteiger partial charge on any atom is -0.480 e. The fourth-order valence-electron chi connectivity index (χ4n) is 2.98. The fraction of sp³-hybridized carbons (Fsp3) is 0.435. The van der Waals surface area contributed by atoms with Gasteiger partial charge in [-0.15, -0.1) is 0 Å². The van der Waals surface area contributed by atoms with E-state index < -0.39 is 24.9 Å². The molecule has 0 bridgehead atoms. The lowest BCUT2D eigenvalue weighted by atomic mass is 10.1. The van der Waals surface area contributed by atoms with Crippen LogP contribution >= 0.6 is 0 Å². The molecule has 0 fully saturated rings. The number of nitrogens with two attached hydrogens (primary N) is 1. The normalized spacial score (nSPS) is 11.9. The monoisotopic (exact) mass is 486 g/mol. The number of rotatable bonds is 11. The molecule has 0 aliphatic rings. The molecular formula is C23H30N6O6. The molecule has 35 heavy (non-hydrogen) atoms. The lowest BCUT2D eigenvalue weighted by molar-refractivity contribution is -0.154. The quantitative estimate of drug-likeness (QED) is 0.208. The average molecular weight is 487 g/mol. The summed E-state index contributed by atoms with van der Waals surface area (Å²) in [6.07, 6.45) is 0.739. The number of amides is 1. The highest BCUT2D eigenvalue weighted by Crippen LogP contribution is 2.27. The number of nitrogens with zero attached hydrogens (tertiary/aromatic N) is 4. The Labute approximate surface area is 202 Å². The third-order valence-corrected chi connectivity index (χ3v) is 5.07. The number of nitrogens with one attached hydrogen (secondary N) is 1. The van der Waals surface area contributed by atoms with E-state index in [4.69, 9.17) is 19.9 Å². The van der Waals surface area contributed by atoms with E-state index in [-0.39, 0.29) is 41.5 Å². The maximum absolute atomic E-state index is 12.3. The van der Waals surface area contributed by atoms with Crippen LogP contribution in [0.25, 0.3) is 11.2 Å². The minimum atomic E-state index is -0.951. The largest absolute Gasteiger partial charge is 0.480 e. The van der Waals surface area contributed by atoms with E-state index in [0.717, 1.165) is 18.4 Å². The summed E-state index contributed by atoms with van der Waals surface area (Å²) in [4.78, 5) is 36.9. The van der Waals surface area contributed by atoms with E-state index in [1.54, 1.807) is 13.8 Å². The first-order valence-electron chi connectivity index (χ1n) is 11.3. The van der Waals surface area contributed by atoms with Crippen molar-refractivity contribution < 1.29 is 28.9 Å². The summed E-state index contributed by atoms with van der Waals surface area (Å²) in [5, 5.41) is 12.9. The van der Waals surface area contributed by atoms with Crippen LogP contribution < -0.4 is 15.8 Å². The molecule has 1 aromatic carbocycles. The number of hydrogen-bond acceptors (Lipinski definition) is 10. The van der Waals surface area contributed by atoms with E-state index in [0.29, 0.717) is 6.61 Å². The van der Waals surface area contributed by atoms with E-state index in [2.05, 4.69) is 20.3 Å². The first-order chi connectivity index (χ1) is 16.8. The third-order valence-electron chi connectivity index (χ3n) is 5.07. The van der Waals surface area contributed by atoms with Crippen LogP contribution in [0.3, 0.4) is 0 Å². The maximum atomic E-state index is 12.3. The van der Waals surface area contributed by atoms with Gasteiger partial charge in [0.05, 0.1) is 13.2 Å². The number of unbranched alkanes of at least 4 members (excludes halogenated alkanes) is 1. The molecule has 0 radical (unpaired) electrons. The molecule has 3 aromatic rings. The molecule has 4 N–H and O–H groups in total. The van der Waals surface area contributed by atoms with Gasteiger partial charge in [-0.3, -0.25) is 14.7 Å². The van der Waals surface area contributed by atoms with Crippen LogP contribution in [-0.4, -0.2) is 56.1 Å². The summed E-state index contributed by atoms with van der Waals surface area (Å²) in [7, 11) is 0. The Morgan fingerprint density at radius 1 is 1.14 bits per heavy atom. The number of carbonyl (C=O) groups is 2. The van der Waals surface area contributed by atoms with Gasteiger partial charge in [-0.05, 0) is 17.9 Å². The Kier molecular flexibility index (Phi) is 8.79. The zero-order valence-corrected chi connectivity index (χ0v) is 19.9. The molecule has 12 heteroatoms. The number of fused-ring (bicyclic) bond motifs is 1. The number of carbonyl (C=O) groups excluding carboxylic acids is 2. The van der Waals surface area contributed by atoms with Crippen LogP contribution in [-0.2, 0) is 20.8 Å². The molecular weight excluding hydrogens is 456 g/mol. The molecule has 0 saturated heterocycles. The van der Waals surface area contributed by atoms with Crippen molar-refractivity contribution in [1.82, 2.24) is 19.5 Å². The number of benzene rings is 1. The molecule has 1 atom stereocenters. The zero-order chi connectivity index (χ0) is 25.4. The van der Waals surface area contributed by atoms with Crippen LogP contribution in [0, 0.1) is 5.92 Å². The summed E-state index contributed by atoms with van der Waals surface area (Å²) in [5.74, 6) is -0.845. The van der Waals surface area contributed by atoms with Gasteiger partial charge in [0, 0.05) is 0 Å². The Balaban J connectivity index is 1.81. The molecule has 2 aromatic heterocycles. The van der Waals surface area contributed by atoms with Crippen LogP contribution in [0.2, 0.25) is 0 Å². The molecule has 0 aliphatic heterocycles. The standard InChI is InChI=1S/C23H30N6O6/c1-4-5-11-33-21-26-18(27-23(32)35-13-34-20(30)16(24)14(2)3)17-19(28-21)29(22(31)25-17)12-15-9-7-6-8-10-15/h6-10,14,16H,4-5,11-13,24H2,1-3H3,(H,25,31)(H,26,27,28,32). The molecule has 1 unspecified atom stereocenters. The molecule has 0 spiro atoms. The lowest BCUT2D eigenvalue weighted by Gasteiger charge is -2.14. The third kappa shape index (κ3) is 6.79. The van der Waals surface area contributed by atoms with Crippen molar-refractivity contribution in [2.45, 2.75) is 46.2 Å². The van der Waals surface area contributed by atoms with Crippen molar-refractivity contribution in [3.8, 4) is 12.0 Å². The second-order valence-corrected chi connectivity index (χ2v) is 8.12. The first-order valence-corrected chi connectivity index (χ1v) is 11.3. The van der Waals surface area contributed by atoms with Gasteiger partial charge >= 0.3 is 18.1 Å². The van der Waals surface area contributed by atoms with Crippen molar-refractivity contribution in [1.29, 1.82) is 0 Å². The minimum absolute atomic E-state index is 0.00444. The number of imidazole rings is 1. The Morgan fingerprint density at radius 2 is 1.89 bits per heavy atom. The van der Waals surface area contributed by atoms with Crippen LogP contribution in [0.1, 0.15) is 39.2 Å². The van der Waals surface area contributed by atoms with Gasteiger partial charge in [0.2, 0.25) is 6.79 Å². The summed E-state index contributed by atoms with van der Waals surface area (Å²) in [6, 6.07) is 8.30. The number of esters is 1. The highest BCUT2D eigenvalue weighted by Gasteiger charge is 2.22. The summed E-state index contributed by atoms with van der Waals surface area (Å²) in [6.45, 7) is 5.58. The Hall–Kier alpha value is -3.93. The van der Waals surface area contributed by atoms with Gasteiger partial charge in [0.15, 0.2) is 17.0 Å². The van der Waals surface area contributed by atoms with Crippen molar-refractivity contribution in [2.75, 3.05) is 18.7 Å². The second kappa shape index (κ2) is 12.0. The van der Waals surface area contributed by atoms with Crippen LogP contribution in [0.4, 0.5) is 10.6 Å². The van der Waals surface area contributed by atoms with Crippen molar-refractivity contribution in [3.05, 3.63) is 35.9 Å². The van der Waals surface area contributed by atoms with Crippen molar-refractivity contribution in [3.63, 3.8) is 0 Å². The SMILES string of the molecule is CCCCOc1nc(NC(=O)OCOC(=O)C(N)C(C)C)c2nc(O)n(Cc3ccccc3)c2n1. The molecule has 0 aliphatic carbocycles. The topological polar surface area (TPSA) is 164 Å². The fourth-order valence-corrected chi connectivity index (χ4v) is 2.98. The van der Waals surface area contributed by atoms with Crippen molar-refractivity contribution >= 4 is 29.0 Å². The Morgan fingerprint density at radius 3 is 2.57 bits per heavy atom. The number of anilines is 1. The molecule has 3 rings (SSSR count). The van der Waals surface area contributed by atoms with Crippen molar-refractivity contribution in [2.24, 2.45) is 11.7 Å². The first kappa shape index (κ1) is 25.7. The molecule has 1 amide bonds. The van der Waals surface area contributed by atoms with Gasteiger partial charge in [-0.25, -0.2) is 4.79 Å². The maximum Gasteiger partial charge on any atom is 0.415 e. The van der Waals surface area contributed by atoms with E-state index >= 15 is 0 Å². The predicted octanol–water partition coefficient (Wildman–Crippen LogP) is 2.79. The zero-order valence-electron chi connectivity index (χ0n) is 19.9. The predicted molar refractivity (Wildman–Crippen MR) is 127 cm³/mol. The molecule has 12 nitrogen and oxygen atoms in total. The Bertz CT molecular complexity index is 1150. The molecule has 2 heterocycles. The van der Waals surface area contributed by atoms with E-state index in [1.165, 1.54) is 4.57 Å². The highest BCUT2D eigenvalue weighted by atomic mass is 16.7. The highest BCUT2D eigenvalue weighted by molar-refractivity contribution is 5.94. The average Bonchev–Trinajstić information content (AvgIpc) is 3.14. The number of ether oxygens (including phenoxy) is 3. The summed E-state index contributed by atoms with van der Waals surface area (Å²) in [5.41, 5.74) is 7.01. The van der Waals surface area contributed by atoms with Gasteiger partial charge in [0.25, 0.3) is 6.01 Å². The number of aromatic hydroxyl groups is 1. The number of hydrogen-bond donors (Lipinski definition) is 3. The van der Waals surface area contributed by atoms with E-state index in [9.17, 15) is 14.7 Å². The second-order valence-electron chi connectivity index (χ2n) is 8.12. The number of aromatic nitrogens is 4. The van der Waals surface area contributed by atoms with Gasteiger partial charge in [-0.1, -0.05) is 57.5 Å². The summed E-state index contributed by atoms with van der Waals surface area (Å²) >= 11 is 0. The van der Waals surface area contributed by atoms with Gasteiger partial charge in [0.1, 0.15) is 6.04 Å². The molecule has 188 valence electrons. The summed E-state index contributed by atoms with van der Waals surface area (Å²) < 4.78 is 16.9. The smallest absolute Gasteiger partial charge is 0.415 e. The lowest BCUT2D eigenvalue weighted by Crippen LogP contribution is -2.37. The van der Waals surface area contributed by atoms with Gasteiger partial charge < -0.3 is 25.1 Å².